The van der Waals surface area contributed by atoms with E-state index in [4.69, 9.17) is 14.7 Å². The van der Waals surface area contributed by atoms with E-state index in [2.05, 4.69) is 31.7 Å². The van der Waals surface area contributed by atoms with Gasteiger partial charge in [0.15, 0.2) is 0 Å². The molecule has 1 aromatic carbocycles. The number of carbonyl (C=O) groups is 1. The number of hydrogen-bond donors (Lipinski definition) is 2. The predicted octanol–water partition coefficient (Wildman–Crippen LogP) is 4.34. The minimum atomic E-state index is -0.337. The van der Waals surface area contributed by atoms with E-state index in [0.29, 0.717) is 30.4 Å². The zero-order valence-corrected chi connectivity index (χ0v) is 27.0. The van der Waals surface area contributed by atoms with E-state index in [1.807, 2.05) is 68.1 Å². The van der Waals surface area contributed by atoms with Crippen LogP contribution in [0.25, 0.3) is 11.1 Å². The number of aryl methyl sites for hydroxylation is 1. The Morgan fingerprint density at radius 3 is 2.53 bits per heavy atom. The molecule has 11 nitrogen and oxygen atoms in total. The number of rotatable bonds is 12. The number of carbonyl (C=O) groups excluding carboxylic acids is 1. The van der Waals surface area contributed by atoms with Crippen molar-refractivity contribution in [2.75, 3.05) is 44.7 Å². The highest BCUT2D eigenvalue weighted by atomic mass is 16.5. The van der Waals surface area contributed by atoms with Crippen molar-refractivity contribution in [1.29, 1.82) is 5.26 Å². The molecule has 0 radical (unpaired) electrons. The zero-order chi connectivity index (χ0) is 32.4. The molecule has 1 unspecified atom stereocenters. The summed E-state index contributed by atoms with van der Waals surface area (Å²) in [4.78, 5) is 30.3. The minimum Gasteiger partial charge on any atom is -0.379 e. The van der Waals surface area contributed by atoms with E-state index >= 15 is 0 Å². The fourth-order valence-electron chi connectivity index (χ4n) is 6.69. The molecular weight excluding hydrogens is 590 g/mol. The maximum atomic E-state index is 13.8. The SMILES string of the molecule is Cn1cc(-c2ccc(C(C(=O)NCc3ccccc3)[C@H]3CC[C@H](Cc4ncc(C#N)c(NCCN5CCOCC5)n4)CC3)nc2)cn1. The van der Waals surface area contributed by atoms with Gasteiger partial charge in [-0.2, -0.15) is 10.4 Å². The lowest BCUT2D eigenvalue weighted by atomic mass is 9.73. The summed E-state index contributed by atoms with van der Waals surface area (Å²) in [5.41, 5.74) is 4.31. The van der Waals surface area contributed by atoms with Gasteiger partial charge in [-0.05, 0) is 49.1 Å². The van der Waals surface area contributed by atoms with Crippen LogP contribution >= 0.6 is 0 Å². The lowest BCUT2D eigenvalue weighted by molar-refractivity contribution is -0.124. The Labute approximate surface area is 276 Å². The van der Waals surface area contributed by atoms with Crippen molar-refractivity contribution in [3.63, 3.8) is 0 Å². The summed E-state index contributed by atoms with van der Waals surface area (Å²) in [6, 6.07) is 16.3. The number of pyridine rings is 1. The summed E-state index contributed by atoms with van der Waals surface area (Å²) in [5, 5.41) is 20.5. The lowest BCUT2D eigenvalue weighted by Gasteiger charge is -2.33. The van der Waals surface area contributed by atoms with Gasteiger partial charge < -0.3 is 15.4 Å². The Balaban J connectivity index is 1.10. The third-order valence-corrected chi connectivity index (χ3v) is 9.35. The molecule has 4 aromatic rings. The molecule has 1 aliphatic heterocycles. The second kappa shape index (κ2) is 15.8. The molecule has 6 rings (SSSR count). The Kier molecular flexibility index (Phi) is 10.8. The van der Waals surface area contributed by atoms with Crippen LogP contribution in [-0.4, -0.2) is 74.9 Å². The monoisotopic (exact) mass is 633 g/mol. The molecule has 2 N–H and O–H groups in total. The van der Waals surface area contributed by atoms with Gasteiger partial charge in [-0.15, -0.1) is 0 Å². The molecule has 47 heavy (non-hydrogen) atoms. The van der Waals surface area contributed by atoms with Crippen LogP contribution in [0.2, 0.25) is 0 Å². The molecule has 3 aromatic heterocycles. The van der Waals surface area contributed by atoms with Crippen molar-refractivity contribution < 1.29 is 9.53 Å². The highest BCUT2D eigenvalue weighted by Gasteiger charge is 2.34. The first-order chi connectivity index (χ1) is 23.1. The predicted molar refractivity (Wildman–Crippen MR) is 179 cm³/mol. The van der Waals surface area contributed by atoms with Crippen LogP contribution in [0.3, 0.4) is 0 Å². The van der Waals surface area contributed by atoms with Crippen LogP contribution in [-0.2, 0) is 29.5 Å². The van der Waals surface area contributed by atoms with Crippen LogP contribution in [0.5, 0.6) is 0 Å². The van der Waals surface area contributed by atoms with Crippen LogP contribution in [0.4, 0.5) is 5.82 Å². The summed E-state index contributed by atoms with van der Waals surface area (Å²) >= 11 is 0. The van der Waals surface area contributed by atoms with Gasteiger partial charge in [-0.1, -0.05) is 36.4 Å². The largest absolute Gasteiger partial charge is 0.379 e. The smallest absolute Gasteiger partial charge is 0.229 e. The van der Waals surface area contributed by atoms with Gasteiger partial charge >= 0.3 is 0 Å². The molecule has 0 bridgehead atoms. The summed E-state index contributed by atoms with van der Waals surface area (Å²) < 4.78 is 7.21. The van der Waals surface area contributed by atoms with Crippen LogP contribution in [0, 0.1) is 23.2 Å². The van der Waals surface area contributed by atoms with Gasteiger partial charge in [0, 0.05) is 69.7 Å². The number of nitriles is 1. The summed E-state index contributed by atoms with van der Waals surface area (Å²) in [5.74, 6) is 1.63. The molecule has 1 saturated heterocycles. The standard InChI is InChI=1S/C36H43N9O2/c1-44-25-31(24-42-44)29-11-12-32(39-22-29)34(36(46)41-21-27-5-3-2-4-6-27)28-9-7-26(8-10-28)19-33-40-23-30(20-37)35(43-33)38-13-14-45-15-17-47-18-16-45/h2-6,11-12,22-26,28,34H,7-10,13-19,21H2,1H3,(H,41,46)(H,38,40,43)/t26-,28-,34?. The Morgan fingerprint density at radius 1 is 1.02 bits per heavy atom. The number of nitrogens with one attached hydrogen (secondary N) is 2. The van der Waals surface area contributed by atoms with E-state index in [0.717, 1.165) is 93.2 Å². The summed E-state index contributed by atoms with van der Waals surface area (Å²) in [6.45, 7) is 5.44. The molecule has 1 aliphatic carbocycles. The number of amides is 1. The molecular formula is C36H43N9O2. The number of nitrogens with zero attached hydrogens (tertiary/aromatic N) is 7. The number of benzene rings is 1. The van der Waals surface area contributed by atoms with Gasteiger partial charge in [0.1, 0.15) is 23.3 Å². The zero-order valence-electron chi connectivity index (χ0n) is 27.0. The van der Waals surface area contributed by atoms with Gasteiger partial charge in [0.05, 0.1) is 37.2 Å². The molecule has 1 atom stereocenters. The summed E-state index contributed by atoms with van der Waals surface area (Å²) in [6.07, 6.45) is 11.8. The summed E-state index contributed by atoms with van der Waals surface area (Å²) in [7, 11) is 1.89. The highest BCUT2D eigenvalue weighted by molar-refractivity contribution is 5.83. The first-order valence-electron chi connectivity index (χ1n) is 16.6. The molecule has 1 saturated carbocycles. The van der Waals surface area contributed by atoms with E-state index in [1.165, 1.54) is 0 Å². The first-order valence-corrected chi connectivity index (χ1v) is 16.6. The van der Waals surface area contributed by atoms with Crippen molar-refractivity contribution >= 4 is 11.7 Å². The molecule has 4 heterocycles. The van der Waals surface area contributed by atoms with Crippen molar-refractivity contribution in [3.8, 4) is 17.2 Å². The molecule has 244 valence electrons. The van der Waals surface area contributed by atoms with Crippen molar-refractivity contribution in [3.05, 3.63) is 89.9 Å². The third kappa shape index (κ3) is 8.58. The number of anilines is 1. The van der Waals surface area contributed by atoms with Crippen LogP contribution in [0.15, 0.2) is 67.3 Å². The van der Waals surface area contributed by atoms with E-state index in [1.54, 1.807) is 10.9 Å². The second-order valence-corrected chi connectivity index (χ2v) is 12.6. The maximum Gasteiger partial charge on any atom is 0.229 e. The van der Waals surface area contributed by atoms with Crippen molar-refractivity contribution in [2.24, 2.45) is 18.9 Å². The molecule has 2 aliphatic rings. The third-order valence-electron chi connectivity index (χ3n) is 9.35. The maximum absolute atomic E-state index is 13.8. The Hall–Kier alpha value is -4.66. The van der Waals surface area contributed by atoms with Gasteiger partial charge in [-0.3, -0.25) is 19.4 Å². The second-order valence-electron chi connectivity index (χ2n) is 12.6. The van der Waals surface area contributed by atoms with E-state index in [9.17, 15) is 10.1 Å². The highest BCUT2D eigenvalue weighted by Crippen LogP contribution is 2.39. The lowest BCUT2D eigenvalue weighted by Crippen LogP contribution is -2.39. The van der Waals surface area contributed by atoms with Gasteiger partial charge in [0.25, 0.3) is 0 Å². The van der Waals surface area contributed by atoms with Crippen molar-refractivity contribution in [2.45, 2.75) is 44.6 Å². The average molecular weight is 634 g/mol. The minimum absolute atomic E-state index is 0.0159. The number of aromatic nitrogens is 5. The number of morpholine rings is 1. The van der Waals surface area contributed by atoms with Gasteiger partial charge in [0.2, 0.25) is 5.91 Å². The average Bonchev–Trinajstić information content (AvgIpc) is 3.55. The fourth-order valence-corrected chi connectivity index (χ4v) is 6.69. The van der Waals surface area contributed by atoms with Gasteiger partial charge in [-0.25, -0.2) is 9.97 Å². The topological polar surface area (TPSA) is 134 Å². The van der Waals surface area contributed by atoms with E-state index < -0.39 is 0 Å². The number of hydrogen-bond acceptors (Lipinski definition) is 9. The normalized spacial score (nSPS) is 19.1. The molecule has 1 amide bonds. The molecule has 11 heteroatoms. The Bertz CT molecular complexity index is 1640. The molecule has 2 fully saturated rings. The number of ether oxygens (including phenoxy) is 1. The first kappa shape index (κ1) is 32.3. The fraction of sp³-hybridized carbons (Fsp3) is 0.444. The van der Waals surface area contributed by atoms with Crippen LogP contribution < -0.4 is 10.6 Å². The Morgan fingerprint density at radius 2 is 1.83 bits per heavy atom. The van der Waals surface area contributed by atoms with E-state index in [-0.39, 0.29) is 17.7 Å². The van der Waals surface area contributed by atoms with Crippen molar-refractivity contribution in [1.82, 2.24) is 34.9 Å². The quantitative estimate of drug-likeness (QED) is 0.234. The molecule has 0 spiro atoms. The van der Waals surface area contributed by atoms with Crippen LogP contribution in [0.1, 0.15) is 54.2 Å².